The Balaban J connectivity index is 1.64. The van der Waals surface area contributed by atoms with E-state index in [2.05, 4.69) is 29.0 Å². The zero-order valence-electron chi connectivity index (χ0n) is 13.6. The molecule has 4 rings (SSSR count). The maximum absolute atomic E-state index is 12.6. The van der Waals surface area contributed by atoms with Gasteiger partial charge in [0.2, 0.25) is 5.82 Å². The molecule has 3 aromatic heterocycles. The Morgan fingerprint density at radius 1 is 1.42 bits per heavy atom. The fourth-order valence-corrected chi connectivity index (χ4v) is 3.66. The van der Waals surface area contributed by atoms with Gasteiger partial charge in [0.25, 0.3) is 11.4 Å². The van der Waals surface area contributed by atoms with Crippen LogP contribution in [0.25, 0.3) is 22.2 Å². The molecule has 1 aliphatic carbocycles. The lowest BCUT2D eigenvalue weighted by atomic mass is 10.1. The van der Waals surface area contributed by atoms with Crippen LogP contribution in [-0.4, -0.2) is 19.7 Å². The van der Waals surface area contributed by atoms with Gasteiger partial charge < -0.3 is 9.09 Å². The van der Waals surface area contributed by atoms with E-state index in [0.29, 0.717) is 29.2 Å². The van der Waals surface area contributed by atoms with E-state index in [-0.39, 0.29) is 5.56 Å². The van der Waals surface area contributed by atoms with E-state index >= 15 is 0 Å². The lowest BCUT2D eigenvalue weighted by Crippen LogP contribution is -2.20. The summed E-state index contributed by atoms with van der Waals surface area (Å²) in [6.07, 6.45) is 6.62. The van der Waals surface area contributed by atoms with Crippen molar-refractivity contribution in [1.29, 1.82) is 0 Å². The second kappa shape index (κ2) is 5.98. The highest BCUT2D eigenvalue weighted by Crippen LogP contribution is 2.33. The Labute approximate surface area is 143 Å². The third-order valence-electron chi connectivity index (χ3n) is 3.93. The minimum atomic E-state index is -0.0582. The van der Waals surface area contributed by atoms with Gasteiger partial charge in [-0.25, -0.2) is 4.98 Å². The van der Waals surface area contributed by atoms with Gasteiger partial charge in [0, 0.05) is 18.7 Å². The standard InChI is InChI=1S/C17H18N4O2S/c1-10(2)8-14-18-9-13(24-14)16-19-15(20-23-16)12-4-3-7-21(17(12)22)11-5-6-11/h3-4,7,9-11H,5-6,8H2,1-2H3. The van der Waals surface area contributed by atoms with Crippen LogP contribution >= 0.6 is 11.3 Å². The molecule has 0 spiro atoms. The van der Waals surface area contributed by atoms with Crippen LogP contribution in [0.4, 0.5) is 0 Å². The van der Waals surface area contributed by atoms with E-state index in [0.717, 1.165) is 29.1 Å². The van der Waals surface area contributed by atoms with E-state index in [9.17, 15) is 4.79 Å². The molecule has 0 bridgehead atoms. The molecular formula is C17H18N4O2S. The van der Waals surface area contributed by atoms with Crippen molar-refractivity contribution in [3.05, 3.63) is 39.9 Å². The van der Waals surface area contributed by atoms with Crippen molar-refractivity contribution in [2.24, 2.45) is 5.92 Å². The molecule has 3 aromatic rings. The largest absolute Gasteiger partial charge is 0.333 e. The van der Waals surface area contributed by atoms with Crippen molar-refractivity contribution in [2.75, 3.05) is 0 Å². The van der Waals surface area contributed by atoms with Crippen LogP contribution in [0.2, 0.25) is 0 Å². The van der Waals surface area contributed by atoms with E-state index in [1.165, 1.54) is 0 Å². The third-order valence-corrected chi connectivity index (χ3v) is 4.94. The highest BCUT2D eigenvalue weighted by atomic mass is 32.1. The molecule has 0 N–H and O–H groups in total. The first-order valence-corrected chi connectivity index (χ1v) is 8.94. The monoisotopic (exact) mass is 342 g/mol. The first-order chi connectivity index (χ1) is 11.6. The molecule has 6 nitrogen and oxygen atoms in total. The predicted octanol–water partition coefficient (Wildman–Crippen LogP) is 3.56. The van der Waals surface area contributed by atoms with Gasteiger partial charge >= 0.3 is 0 Å². The van der Waals surface area contributed by atoms with Gasteiger partial charge in [-0.3, -0.25) is 4.79 Å². The smallest absolute Gasteiger partial charge is 0.269 e. The van der Waals surface area contributed by atoms with Crippen molar-refractivity contribution in [3.63, 3.8) is 0 Å². The highest BCUT2D eigenvalue weighted by molar-refractivity contribution is 7.15. The first kappa shape index (κ1) is 15.3. The summed E-state index contributed by atoms with van der Waals surface area (Å²) in [5.74, 6) is 1.30. The van der Waals surface area contributed by atoms with Crippen LogP contribution in [0, 0.1) is 5.92 Å². The summed E-state index contributed by atoms with van der Waals surface area (Å²) in [7, 11) is 0. The average molecular weight is 342 g/mol. The molecule has 0 saturated heterocycles. The van der Waals surface area contributed by atoms with Gasteiger partial charge in [-0.2, -0.15) is 4.98 Å². The molecule has 3 heterocycles. The Morgan fingerprint density at radius 3 is 3.00 bits per heavy atom. The number of pyridine rings is 1. The topological polar surface area (TPSA) is 73.8 Å². The zero-order valence-corrected chi connectivity index (χ0v) is 14.4. The van der Waals surface area contributed by atoms with Gasteiger partial charge in [0.15, 0.2) is 0 Å². The second-order valence-corrected chi connectivity index (χ2v) is 7.62. The van der Waals surface area contributed by atoms with E-state index in [1.54, 1.807) is 28.2 Å². The molecule has 24 heavy (non-hydrogen) atoms. The number of rotatable bonds is 5. The SMILES string of the molecule is CC(C)Cc1ncc(-c2nc(-c3cccn(C4CC4)c3=O)no2)s1. The van der Waals surface area contributed by atoms with Gasteiger partial charge in [-0.15, -0.1) is 11.3 Å². The molecule has 1 saturated carbocycles. The third kappa shape index (κ3) is 2.91. The summed E-state index contributed by atoms with van der Waals surface area (Å²) in [6.45, 7) is 4.32. The summed E-state index contributed by atoms with van der Waals surface area (Å²) in [4.78, 5) is 22.2. The Hall–Kier alpha value is -2.28. The summed E-state index contributed by atoms with van der Waals surface area (Å²) >= 11 is 1.55. The summed E-state index contributed by atoms with van der Waals surface area (Å²) in [5.41, 5.74) is 0.420. The van der Waals surface area contributed by atoms with Gasteiger partial charge in [0.1, 0.15) is 4.88 Å². The number of hydrogen-bond donors (Lipinski definition) is 0. The molecule has 7 heteroatoms. The van der Waals surface area contributed by atoms with E-state index in [4.69, 9.17) is 4.52 Å². The molecule has 0 unspecified atom stereocenters. The van der Waals surface area contributed by atoms with E-state index < -0.39 is 0 Å². The zero-order chi connectivity index (χ0) is 16.7. The number of thiazole rings is 1. The van der Waals surface area contributed by atoms with Crippen LogP contribution in [0.15, 0.2) is 33.8 Å². The number of nitrogens with zero attached hydrogens (tertiary/aromatic N) is 4. The maximum atomic E-state index is 12.6. The number of hydrogen-bond acceptors (Lipinski definition) is 6. The average Bonchev–Trinajstić information content (AvgIpc) is 3.08. The van der Waals surface area contributed by atoms with E-state index in [1.807, 2.05) is 12.3 Å². The Kier molecular flexibility index (Phi) is 3.80. The van der Waals surface area contributed by atoms with Crippen LogP contribution in [-0.2, 0) is 6.42 Å². The van der Waals surface area contributed by atoms with Crippen molar-refractivity contribution in [3.8, 4) is 22.2 Å². The molecule has 124 valence electrons. The minimum Gasteiger partial charge on any atom is -0.333 e. The minimum absolute atomic E-state index is 0.0582. The predicted molar refractivity (Wildman–Crippen MR) is 91.9 cm³/mol. The van der Waals surface area contributed by atoms with Crippen LogP contribution in [0.1, 0.15) is 37.7 Å². The first-order valence-electron chi connectivity index (χ1n) is 8.12. The van der Waals surface area contributed by atoms with Gasteiger partial charge in [-0.1, -0.05) is 19.0 Å². The fraction of sp³-hybridized carbons (Fsp3) is 0.412. The second-order valence-electron chi connectivity index (χ2n) is 6.50. The molecular weight excluding hydrogens is 324 g/mol. The quantitative estimate of drug-likeness (QED) is 0.709. The van der Waals surface area contributed by atoms with Crippen molar-refractivity contribution >= 4 is 11.3 Å². The number of aromatic nitrogens is 4. The maximum Gasteiger partial charge on any atom is 0.269 e. The fourth-order valence-electron chi connectivity index (χ4n) is 2.61. The lowest BCUT2D eigenvalue weighted by Gasteiger charge is -2.03. The molecule has 1 aliphatic rings. The summed E-state index contributed by atoms with van der Waals surface area (Å²) < 4.78 is 7.12. The van der Waals surface area contributed by atoms with Crippen LogP contribution in [0.5, 0.6) is 0 Å². The summed E-state index contributed by atoms with van der Waals surface area (Å²) in [6, 6.07) is 3.93. The van der Waals surface area contributed by atoms with Gasteiger partial charge in [0.05, 0.1) is 16.8 Å². The Morgan fingerprint density at radius 2 is 2.25 bits per heavy atom. The molecule has 0 aromatic carbocycles. The van der Waals surface area contributed by atoms with Crippen molar-refractivity contribution < 1.29 is 4.52 Å². The van der Waals surface area contributed by atoms with Gasteiger partial charge in [-0.05, 0) is 30.9 Å². The normalized spacial score (nSPS) is 14.5. The lowest BCUT2D eigenvalue weighted by molar-refractivity contribution is 0.433. The molecule has 1 fully saturated rings. The van der Waals surface area contributed by atoms with Crippen molar-refractivity contribution in [2.45, 2.75) is 39.2 Å². The van der Waals surface area contributed by atoms with Crippen LogP contribution in [0.3, 0.4) is 0 Å². The molecule has 0 aliphatic heterocycles. The molecule has 0 atom stereocenters. The Bertz CT molecular complexity index is 921. The molecule has 0 radical (unpaired) electrons. The van der Waals surface area contributed by atoms with Crippen LogP contribution < -0.4 is 5.56 Å². The summed E-state index contributed by atoms with van der Waals surface area (Å²) in [5, 5.41) is 5.05. The van der Waals surface area contributed by atoms with Crippen molar-refractivity contribution in [1.82, 2.24) is 19.7 Å². The molecule has 0 amide bonds. The highest BCUT2D eigenvalue weighted by Gasteiger charge is 2.26.